The molecule has 1 aliphatic heterocycles. The molecular weight excluding hydrogens is 590 g/mol. The number of alkyl halides is 3. The van der Waals surface area contributed by atoms with E-state index in [4.69, 9.17) is 13.6 Å². The first-order chi connectivity index (χ1) is 19.1. The predicted molar refractivity (Wildman–Crippen MR) is 165 cm³/mol. The maximum atomic E-state index is 12.8. The van der Waals surface area contributed by atoms with Crippen molar-refractivity contribution in [2.24, 2.45) is 5.92 Å². The number of hydrogen-bond donors (Lipinski definition) is 0. The molecule has 1 rings (SSSR count). The Hall–Kier alpha value is -0.666. The van der Waals surface area contributed by atoms with E-state index in [1.807, 2.05) is 0 Å². The van der Waals surface area contributed by atoms with Crippen LogP contribution in [0.2, 0.25) is 36.3 Å². The molecule has 0 saturated carbocycles. The molecule has 0 radical (unpaired) electrons. The first-order valence-corrected chi connectivity index (χ1v) is 21.9. The summed E-state index contributed by atoms with van der Waals surface area (Å²) in [6.45, 7) is 23.2. The Morgan fingerprint density at radius 3 is 2.02 bits per heavy atom. The van der Waals surface area contributed by atoms with Crippen LogP contribution in [0.3, 0.4) is 0 Å². The van der Waals surface area contributed by atoms with Gasteiger partial charge in [0, 0.05) is 18.6 Å². The highest BCUT2D eigenvalue weighted by Gasteiger charge is 2.49. The Balaban J connectivity index is 2.82. The lowest BCUT2D eigenvalue weighted by molar-refractivity contribution is -0.0527. The van der Waals surface area contributed by atoms with Gasteiger partial charge < -0.3 is 17.8 Å². The molecule has 1 aliphatic rings. The van der Waals surface area contributed by atoms with Crippen LogP contribution in [0.15, 0.2) is 24.5 Å². The molecule has 242 valence electrons. The maximum Gasteiger partial charge on any atom is 0.534 e. The highest BCUT2D eigenvalue weighted by Crippen LogP contribution is 2.35. The summed E-state index contributed by atoms with van der Waals surface area (Å²) >= 11 is 0. The van der Waals surface area contributed by atoms with Crippen LogP contribution < -0.4 is 0 Å². The molecule has 2 unspecified atom stereocenters. The van der Waals surface area contributed by atoms with Gasteiger partial charge in [-0.1, -0.05) is 61.6 Å². The standard InChI is InChI=1S/C29H55F3O6SSi2/c1-10-40(11-2,12-3)35-20-16-17-26-22-24(8)28(36-26)19-18-27(38-41(13-4,14-5)15-6)21-23(7)25(9)37-39(33,34)29(30,31)32/h23,26-28H,8-22H2,1-7H3/t23?,26-,27?,28-/m0/s1. The highest BCUT2D eigenvalue weighted by atomic mass is 32.2. The van der Waals surface area contributed by atoms with Crippen LogP contribution in [-0.2, 0) is 27.9 Å². The summed E-state index contributed by atoms with van der Waals surface area (Å²) in [4.78, 5) is 0. The molecule has 0 aromatic rings. The van der Waals surface area contributed by atoms with E-state index >= 15 is 0 Å². The van der Waals surface area contributed by atoms with Crippen molar-refractivity contribution in [2.75, 3.05) is 6.61 Å². The van der Waals surface area contributed by atoms with Gasteiger partial charge in [-0.2, -0.15) is 21.6 Å². The second-order valence-electron chi connectivity index (χ2n) is 11.5. The molecular formula is C29H55F3O6SSi2. The fraction of sp³-hybridized carbons (Fsp3) is 0.862. The van der Waals surface area contributed by atoms with E-state index in [2.05, 4.69) is 58.9 Å². The van der Waals surface area contributed by atoms with Gasteiger partial charge in [-0.15, -0.1) is 0 Å². The van der Waals surface area contributed by atoms with Gasteiger partial charge in [0.05, 0.1) is 12.2 Å². The van der Waals surface area contributed by atoms with E-state index in [9.17, 15) is 21.6 Å². The average molecular weight is 645 g/mol. The maximum absolute atomic E-state index is 12.8. The predicted octanol–water partition coefficient (Wildman–Crippen LogP) is 9.08. The fourth-order valence-corrected chi connectivity index (χ4v) is 11.8. The molecule has 0 amide bonds. The van der Waals surface area contributed by atoms with Crippen LogP contribution >= 0.6 is 0 Å². The second-order valence-corrected chi connectivity index (χ2v) is 22.5. The molecule has 4 atom stereocenters. The Morgan fingerprint density at radius 1 is 1.00 bits per heavy atom. The number of hydrogen-bond acceptors (Lipinski definition) is 6. The van der Waals surface area contributed by atoms with Crippen molar-refractivity contribution in [3.63, 3.8) is 0 Å². The molecule has 12 heteroatoms. The first kappa shape index (κ1) is 38.4. The van der Waals surface area contributed by atoms with Gasteiger partial charge in [0.1, 0.15) is 5.76 Å². The highest BCUT2D eigenvalue weighted by molar-refractivity contribution is 7.87. The number of allylic oxidation sites excluding steroid dienone is 1. The zero-order valence-corrected chi connectivity index (χ0v) is 29.2. The summed E-state index contributed by atoms with van der Waals surface area (Å²) in [5, 5.41) is 0. The van der Waals surface area contributed by atoms with E-state index in [1.54, 1.807) is 6.92 Å². The van der Waals surface area contributed by atoms with Crippen molar-refractivity contribution >= 4 is 26.8 Å². The third-order valence-corrected chi connectivity index (χ3v) is 19.5. The molecule has 0 N–H and O–H groups in total. The quantitative estimate of drug-likeness (QED) is 0.0310. The topological polar surface area (TPSA) is 71.1 Å². The lowest BCUT2D eigenvalue weighted by Crippen LogP contribution is -2.41. The fourth-order valence-electron chi connectivity index (χ4n) is 5.61. The molecule has 6 nitrogen and oxygen atoms in total. The molecule has 0 bridgehead atoms. The van der Waals surface area contributed by atoms with Crippen LogP contribution in [0.1, 0.15) is 87.0 Å². The molecule has 1 saturated heterocycles. The minimum absolute atomic E-state index is 0.103. The zero-order valence-electron chi connectivity index (χ0n) is 26.4. The van der Waals surface area contributed by atoms with E-state index in [1.165, 1.54) is 0 Å². The van der Waals surface area contributed by atoms with Gasteiger partial charge in [-0.25, -0.2) is 0 Å². The Labute approximate surface area is 249 Å². The van der Waals surface area contributed by atoms with Crippen LogP contribution in [-0.4, -0.2) is 55.5 Å². The van der Waals surface area contributed by atoms with Crippen molar-refractivity contribution in [3.05, 3.63) is 24.5 Å². The Morgan fingerprint density at radius 2 is 1.54 bits per heavy atom. The normalized spacial score (nSPS) is 20.3. The summed E-state index contributed by atoms with van der Waals surface area (Å²) in [6.07, 6.45) is 3.98. The first-order valence-electron chi connectivity index (χ1n) is 15.4. The number of halogens is 3. The van der Waals surface area contributed by atoms with E-state index in [-0.39, 0.29) is 18.3 Å². The van der Waals surface area contributed by atoms with Crippen LogP contribution in [0.4, 0.5) is 13.2 Å². The van der Waals surface area contributed by atoms with E-state index in [0.29, 0.717) is 19.3 Å². The monoisotopic (exact) mass is 644 g/mol. The lowest BCUT2D eigenvalue weighted by atomic mass is 9.96. The van der Waals surface area contributed by atoms with E-state index < -0.39 is 43.9 Å². The molecule has 1 heterocycles. The van der Waals surface area contributed by atoms with Crippen molar-refractivity contribution in [2.45, 2.75) is 147 Å². The summed E-state index contributed by atoms with van der Waals surface area (Å²) in [7, 11) is -9.41. The molecule has 0 aliphatic carbocycles. The molecule has 1 fully saturated rings. The van der Waals surface area contributed by atoms with Gasteiger partial charge >= 0.3 is 15.6 Å². The van der Waals surface area contributed by atoms with Crippen molar-refractivity contribution in [1.29, 1.82) is 0 Å². The van der Waals surface area contributed by atoms with Gasteiger partial charge in [-0.05, 0) is 80.4 Å². The van der Waals surface area contributed by atoms with Crippen LogP contribution in [0.5, 0.6) is 0 Å². The van der Waals surface area contributed by atoms with Crippen molar-refractivity contribution in [3.8, 4) is 0 Å². The molecule has 0 spiro atoms. The molecule has 41 heavy (non-hydrogen) atoms. The third-order valence-electron chi connectivity index (χ3n) is 9.08. The average Bonchev–Trinajstić information content (AvgIpc) is 3.28. The zero-order chi connectivity index (χ0) is 31.5. The number of ether oxygens (including phenoxy) is 1. The van der Waals surface area contributed by atoms with Crippen molar-refractivity contribution in [1.82, 2.24) is 0 Å². The summed E-state index contributed by atoms with van der Waals surface area (Å²) in [6, 6.07) is 6.16. The summed E-state index contributed by atoms with van der Waals surface area (Å²) in [5.74, 6) is -1.09. The van der Waals surface area contributed by atoms with Gasteiger partial charge in [0.2, 0.25) is 0 Å². The van der Waals surface area contributed by atoms with Gasteiger partial charge in [-0.3, -0.25) is 0 Å². The Bertz CT molecular complexity index is 903. The Kier molecular flexibility index (Phi) is 15.9. The minimum Gasteiger partial charge on any atom is -0.417 e. The summed E-state index contributed by atoms with van der Waals surface area (Å²) < 4.78 is 85.4. The molecule has 0 aromatic heterocycles. The van der Waals surface area contributed by atoms with Crippen LogP contribution in [0, 0.1) is 5.92 Å². The van der Waals surface area contributed by atoms with Gasteiger partial charge in [0.15, 0.2) is 16.6 Å². The largest absolute Gasteiger partial charge is 0.534 e. The SMILES string of the molecule is C=C(OS(=O)(=O)C(F)(F)F)C(C)CC(CC[C@@H]1O[C@@H](CCCO[Si](CC)(CC)CC)CC1=C)O[Si](CC)(CC)CC. The second kappa shape index (κ2) is 17.0. The van der Waals surface area contributed by atoms with Crippen LogP contribution in [0.25, 0.3) is 0 Å². The smallest absolute Gasteiger partial charge is 0.417 e. The van der Waals surface area contributed by atoms with E-state index in [0.717, 1.165) is 67.7 Å². The lowest BCUT2D eigenvalue weighted by Gasteiger charge is -2.35. The number of rotatable bonds is 21. The molecule has 0 aromatic carbocycles. The minimum atomic E-state index is -5.76. The van der Waals surface area contributed by atoms with Gasteiger partial charge in [0.25, 0.3) is 0 Å². The van der Waals surface area contributed by atoms with Crippen molar-refractivity contribution < 1.29 is 39.4 Å². The summed E-state index contributed by atoms with van der Waals surface area (Å²) in [5.41, 5.74) is -4.45. The third kappa shape index (κ3) is 11.4.